The fourth-order valence-electron chi connectivity index (χ4n) is 2.22. The van der Waals surface area contributed by atoms with Crippen LogP contribution in [0.4, 0.5) is 5.69 Å². The van der Waals surface area contributed by atoms with E-state index in [2.05, 4.69) is 15.9 Å². The first-order valence-corrected chi connectivity index (χ1v) is 10.6. The molecule has 0 spiro atoms. The molecule has 0 aliphatic heterocycles. The Morgan fingerprint density at radius 1 is 1.08 bits per heavy atom. The molecule has 0 saturated carbocycles. The minimum atomic E-state index is -4.12. The van der Waals surface area contributed by atoms with Crippen LogP contribution in [0.15, 0.2) is 45.8 Å². The predicted octanol–water partition coefficient (Wildman–Crippen LogP) is 5.47. The highest BCUT2D eigenvalue weighted by Crippen LogP contribution is 2.35. The van der Waals surface area contributed by atoms with Gasteiger partial charge >= 0.3 is 5.97 Å². The minimum absolute atomic E-state index is 0.00543. The molecule has 0 aliphatic carbocycles. The van der Waals surface area contributed by atoms with E-state index >= 15 is 0 Å². The summed E-state index contributed by atoms with van der Waals surface area (Å²) in [5.74, 6) is -1.02. The summed E-state index contributed by atoms with van der Waals surface area (Å²) in [6.45, 7) is -0.0845. The van der Waals surface area contributed by atoms with Crippen LogP contribution < -0.4 is 4.31 Å². The number of aliphatic carboxylic acids is 1. The summed E-state index contributed by atoms with van der Waals surface area (Å²) < 4.78 is 28.1. The van der Waals surface area contributed by atoms with E-state index in [1.807, 2.05) is 0 Å². The van der Waals surface area contributed by atoms with Crippen molar-refractivity contribution >= 4 is 72.4 Å². The van der Waals surface area contributed by atoms with E-state index in [4.69, 9.17) is 39.9 Å². The molecule has 10 heteroatoms. The molecule has 0 amide bonds. The normalized spacial score (nSPS) is 11.4. The number of carbonyl (C=O) groups is 1. The quantitative estimate of drug-likeness (QED) is 0.546. The zero-order valence-corrected chi connectivity index (χ0v) is 17.8. The fraction of sp³-hybridized carbons (Fsp3) is 0.188. The summed E-state index contributed by atoms with van der Waals surface area (Å²) in [4.78, 5) is 10.6. The van der Waals surface area contributed by atoms with Crippen molar-refractivity contribution in [3.8, 4) is 0 Å². The van der Waals surface area contributed by atoms with Crippen LogP contribution >= 0.6 is 50.7 Å². The number of anilines is 1. The Hall–Kier alpha value is -0.990. The van der Waals surface area contributed by atoms with Crippen LogP contribution in [0, 0.1) is 0 Å². The summed E-state index contributed by atoms with van der Waals surface area (Å²) >= 11 is 21.5. The van der Waals surface area contributed by atoms with Crippen LogP contribution in [0.25, 0.3) is 0 Å². The number of sulfonamides is 1. The first kappa shape index (κ1) is 21.3. The molecule has 26 heavy (non-hydrogen) atoms. The Morgan fingerprint density at radius 3 is 2.38 bits per heavy atom. The van der Waals surface area contributed by atoms with Gasteiger partial charge in [-0.1, -0.05) is 50.7 Å². The monoisotopic (exact) mass is 499 g/mol. The number of nitrogens with zero attached hydrogens (tertiary/aromatic N) is 1. The number of hydrogen-bond donors (Lipinski definition) is 1. The van der Waals surface area contributed by atoms with Crippen molar-refractivity contribution in [3.05, 3.63) is 55.9 Å². The van der Waals surface area contributed by atoms with E-state index in [9.17, 15) is 13.2 Å². The van der Waals surface area contributed by atoms with Crippen molar-refractivity contribution in [2.45, 2.75) is 17.7 Å². The van der Waals surface area contributed by atoms with E-state index in [1.54, 1.807) is 12.1 Å². The maximum atomic E-state index is 13.2. The van der Waals surface area contributed by atoms with Crippen LogP contribution in [0.5, 0.6) is 0 Å². The lowest BCUT2D eigenvalue weighted by atomic mass is 10.3. The van der Waals surface area contributed by atoms with Crippen LogP contribution in [-0.2, 0) is 14.8 Å². The molecular weight excluding hydrogens is 489 g/mol. The lowest BCUT2D eigenvalue weighted by Crippen LogP contribution is -2.32. The third-order valence-electron chi connectivity index (χ3n) is 3.39. The number of carboxylic acids is 1. The number of rotatable bonds is 7. The molecule has 2 aromatic rings. The lowest BCUT2D eigenvalue weighted by Gasteiger charge is -2.26. The second-order valence-corrected chi connectivity index (χ2v) is 9.24. The van der Waals surface area contributed by atoms with E-state index in [1.165, 1.54) is 24.3 Å². The average Bonchev–Trinajstić information content (AvgIpc) is 2.54. The average molecular weight is 502 g/mol. The predicted molar refractivity (Wildman–Crippen MR) is 107 cm³/mol. The summed E-state index contributed by atoms with van der Waals surface area (Å²) in [5.41, 5.74) is 0.219. The van der Waals surface area contributed by atoms with Crippen molar-refractivity contribution in [2.24, 2.45) is 0 Å². The van der Waals surface area contributed by atoms with Gasteiger partial charge in [0.15, 0.2) is 0 Å². The third-order valence-corrected chi connectivity index (χ3v) is 6.72. The molecule has 0 bridgehead atoms. The van der Waals surface area contributed by atoms with E-state index in [0.717, 1.165) is 4.31 Å². The van der Waals surface area contributed by atoms with Crippen molar-refractivity contribution in [3.63, 3.8) is 0 Å². The zero-order chi connectivity index (χ0) is 19.5. The Kier molecular flexibility index (Phi) is 7.21. The SMILES string of the molecule is O=C(O)CCCN(c1ccc(Br)cc1Cl)S(=O)(=O)c1cc(Cl)ccc1Cl. The smallest absolute Gasteiger partial charge is 0.303 e. The Labute approximate surface area is 174 Å². The maximum Gasteiger partial charge on any atom is 0.303 e. The van der Waals surface area contributed by atoms with Crippen molar-refractivity contribution < 1.29 is 18.3 Å². The van der Waals surface area contributed by atoms with Crippen molar-refractivity contribution in [2.75, 3.05) is 10.8 Å². The van der Waals surface area contributed by atoms with Gasteiger partial charge in [0.05, 0.1) is 15.7 Å². The second-order valence-electron chi connectivity index (χ2n) is 5.24. The molecule has 2 aromatic carbocycles. The molecule has 0 radical (unpaired) electrons. The van der Waals surface area contributed by atoms with Gasteiger partial charge < -0.3 is 5.11 Å². The molecule has 0 atom stereocenters. The first-order chi connectivity index (χ1) is 12.1. The fourth-order valence-corrected chi connectivity index (χ4v) is 5.31. The van der Waals surface area contributed by atoms with Crippen molar-refractivity contribution in [1.82, 2.24) is 0 Å². The van der Waals surface area contributed by atoms with Gasteiger partial charge in [-0.05, 0) is 42.8 Å². The number of hydrogen-bond acceptors (Lipinski definition) is 3. The van der Waals surface area contributed by atoms with Gasteiger partial charge in [-0.15, -0.1) is 0 Å². The first-order valence-electron chi connectivity index (χ1n) is 7.27. The molecule has 140 valence electrons. The van der Waals surface area contributed by atoms with Gasteiger partial charge in [0, 0.05) is 22.5 Å². The van der Waals surface area contributed by atoms with Crippen LogP contribution in [0.1, 0.15) is 12.8 Å². The molecule has 1 N–H and O–H groups in total. The van der Waals surface area contributed by atoms with E-state index < -0.39 is 16.0 Å². The molecule has 0 unspecified atom stereocenters. The van der Waals surface area contributed by atoms with Crippen LogP contribution in [-0.4, -0.2) is 26.0 Å². The van der Waals surface area contributed by atoms with Crippen LogP contribution in [0.2, 0.25) is 15.1 Å². The van der Waals surface area contributed by atoms with Gasteiger partial charge in [-0.25, -0.2) is 8.42 Å². The summed E-state index contributed by atoms with van der Waals surface area (Å²) in [6.07, 6.45) is -0.0947. The number of carboxylic acid groups (broad SMARTS) is 1. The minimum Gasteiger partial charge on any atom is -0.481 e. The Balaban J connectivity index is 2.54. The standard InChI is InChI=1S/C16H13BrCl3NO4S/c17-10-3-6-14(13(20)8-10)21(7-1-2-16(22)23)26(24,25)15-9-11(18)4-5-12(15)19/h3-6,8-9H,1-2,7H2,(H,22,23). The highest BCUT2D eigenvalue weighted by atomic mass is 79.9. The molecule has 0 aliphatic rings. The van der Waals surface area contributed by atoms with Gasteiger partial charge in [0.25, 0.3) is 10.0 Å². The Morgan fingerprint density at radius 2 is 1.77 bits per heavy atom. The molecule has 0 fully saturated rings. The van der Waals surface area contributed by atoms with E-state index in [0.29, 0.717) is 4.47 Å². The molecule has 5 nitrogen and oxygen atoms in total. The molecule has 0 heterocycles. The highest BCUT2D eigenvalue weighted by Gasteiger charge is 2.29. The molecule has 0 saturated heterocycles. The van der Waals surface area contributed by atoms with E-state index in [-0.39, 0.29) is 45.0 Å². The van der Waals surface area contributed by atoms with Gasteiger partial charge in [-0.3, -0.25) is 9.10 Å². The van der Waals surface area contributed by atoms with Gasteiger partial charge in [-0.2, -0.15) is 0 Å². The van der Waals surface area contributed by atoms with Gasteiger partial charge in [0.2, 0.25) is 0 Å². The summed E-state index contributed by atoms with van der Waals surface area (Å²) in [6, 6.07) is 8.83. The molecule has 2 rings (SSSR count). The van der Waals surface area contributed by atoms with Crippen LogP contribution in [0.3, 0.4) is 0 Å². The Bertz CT molecular complexity index is 937. The topological polar surface area (TPSA) is 74.7 Å². The summed E-state index contributed by atoms with van der Waals surface area (Å²) in [7, 11) is -4.12. The zero-order valence-electron chi connectivity index (χ0n) is 13.1. The number of halogens is 4. The van der Waals surface area contributed by atoms with Gasteiger partial charge in [0.1, 0.15) is 4.90 Å². The molecule has 0 aromatic heterocycles. The second kappa shape index (κ2) is 8.80. The highest BCUT2D eigenvalue weighted by molar-refractivity contribution is 9.10. The largest absolute Gasteiger partial charge is 0.481 e. The number of benzene rings is 2. The third kappa shape index (κ3) is 5.04. The summed E-state index contributed by atoms with van der Waals surface area (Å²) in [5, 5.41) is 9.25. The molecular formula is C16H13BrCl3NO4S. The maximum absolute atomic E-state index is 13.2. The lowest BCUT2D eigenvalue weighted by molar-refractivity contribution is -0.137. The van der Waals surface area contributed by atoms with Crippen molar-refractivity contribution in [1.29, 1.82) is 0 Å².